The molecule has 1 rings (SSSR count). The van der Waals surface area contributed by atoms with Crippen molar-refractivity contribution in [3.63, 3.8) is 0 Å². The van der Waals surface area contributed by atoms with Gasteiger partial charge in [-0.1, -0.05) is 11.6 Å². The molecule has 0 spiro atoms. The highest BCUT2D eigenvalue weighted by Crippen LogP contribution is 2.22. The largest absolute Gasteiger partial charge is 0.481 e. The van der Waals surface area contributed by atoms with Crippen molar-refractivity contribution in [2.24, 2.45) is 0 Å². The summed E-state index contributed by atoms with van der Waals surface area (Å²) >= 11 is 5.05. The summed E-state index contributed by atoms with van der Waals surface area (Å²) in [6.07, 6.45) is -0.858. The number of carbonyl (C=O) groups is 1. The van der Waals surface area contributed by atoms with Crippen LogP contribution in [0.5, 0.6) is 0 Å². The maximum absolute atomic E-state index is 12.9. The second kappa shape index (κ2) is 3.83. The summed E-state index contributed by atoms with van der Waals surface area (Å²) < 4.78 is 38.0. The smallest absolute Gasteiger partial charge is 0.309 e. The van der Waals surface area contributed by atoms with E-state index in [4.69, 9.17) is 16.7 Å². The molecule has 0 atom stereocenters. The van der Waals surface area contributed by atoms with Crippen LogP contribution in [-0.4, -0.2) is 16.1 Å². The van der Waals surface area contributed by atoms with Gasteiger partial charge in [0.25, 0.3) is 5.95 Å². The van der Waals surface area contributed by atoms with Gasteiger partial charge in [-0.2, -0.15) is 4.39 Å². The molecular weight excluding hydrogens is 223 g/mol. The fraction of sp³-hybridized carbons (Fsp3) is 0.143. The minimum atomic E-state index is -1.63. The Morgan fingerprint density at radius 1 is 1.36 bits per heavy atom. The van der Waals surface area contributed by atoms with Gasteiger partial charge in [0, 0.05) is 0 Å². The van der Waals surface area contributed by atoms with Crippen LogP contribution < -0.4 is 0 Å². The van der Waals surface area contributed by atoms with Crippen molar-refractivity contribution in [2.45, 2.75) is 6.42 Å². The van der Waals surface area contributed by atoms with Crippen LogP contribution >= 0.6 is 11.6 Å². The van der Waals surface area contributed by atoms with Crippen molar-refractivity contribution in [2.75, 3.05) is 0 Å². The van der Waals surface area contributed by atoms with Crippen molar-refractivity contribution in [1.29, 1.82) is 0 Å². The Labute approximate surface area is 81.1 Å². The third-order valence-electron chi connectivity index (χ3n) is 1.37. The molecular formula is C7H3ClF3NO2. The summed E-state index contributed by atoms with van der Waals surface area (Å²) in [6.45, 7) is 0. The Bertz CT molecular complexity index is 397. The Kier molecular flexibility index (Phi) is 2.95. The van der Waals surface area contributed by atoms with E-state index in [0.29, 0.717) is 0 Å². The minimum Gasteiger partial charge on any atom is -0.481 e. The van der Waals surface area contributed by atoms with Crippen LogP contribution in [0, 0.1) is 17.6 Å². The molecule has 0 aliphatic carbocycles. The van der Waals surface area contributed by atoms with Crippen LogP contribution in [0.25, 0.3) is 0 Å². The maximum Gasteiger partial charge on any atom is 0.309 e. The van der Waals surface area contributed by atoms with Gasteiger partial charge in [0.15, 0.2) is 11.6 Å². The summed E-state index contributed by atoms with van der Waals surface area (Å²) in [7, 11) is 0. The molecule has 0 saturated carbocycles. The number of hydrogen-bond donors (Lipinski definition) is 1. The first-order chi connectivity index (χ1) is 6.43. The summed E-state index contributed by atoms with van der Waals surface area (Å²) in [4.78, 5) is 13.0. The molecule has 0 aromatic carbocycles. The second-order valence-electron chi connectivity index (χ2n) is 2.36. The molecule has 1 aromatic rings. The quantitative estimate of drug-likeness (QED) is 0.781. The number of aliphatic carboxylic acids is 1. The minimum absolute atomic E-state index is 0.735. The van der Waals surface area contributed by atoms with Crippen molar-refractivity contribution in [3.05, 3.63) is 28.3 Å². The highest BCUT2D eigenvalue weighted by molar-refractivity contribution is 6.30. The van der Waals surface area contributed by atoms with Crippen LogP contribution in [0.15, 0.2) is 0 Å². The van der Waals surface area contributed by atoms with E-state index >= 15 is 0 Å². The molecule has 1 aromatic heterocycles. The van der Waals surface area contributed by atoms with E-state index in [-0.39, 0.29) is 0 Å². The van der Waals surface area contributed by atoms with Crippen LogP contribution in [0.1, 0.15) is 5.69 Å². The van der Waals surface area contributed by atoms with E-state index in [2.05, 4.69) is 4.98 Å². The Morgan fingerprint density at radius 3 is 2.43 bits per heavy atom. The molecule has 0 unspecified atom stereocenters. The maximum atomic E-state index is 12.9. The lowest BCUT2D eigenvalue weighted by atomic mass is 10.2. The van der Waals surface area contributed by atoms with Crippen LogP contribution in [-0.2, 0) is 11.2 Å². The average molecular weight is 226 g/mol. The molecule has 3 nitrogen and oxygen atoms in total. The molecule has 1 heterocycles. The van der Waals surface area contributed by atoms with Crippen molar-refractivity contribution >= 4 is 17.6 Å². The van der Waals surface area contributed by atoms with Crippen molar-refractivity contribution < 1.29 is 23.1 Å². The monoisotopic (exact) mass is 225 g/mol. The zero-order valence-electron chi connectivity index (χ0n) is 6.52. The van der Waals surface area contributed by atoms with Crippen LogP contribution in [0.3, 0.4) is 0 Å². The fourth-order valence-electron chi connectivity index (χ4n) is 0.791. The number of pyridine rings is 1. The number of halogens is 4. The Balaban J connectivity index is 3.25. The van der Waals surface area contributed by atoms with Gasteiger partial charge in [-0.15, -0.1) is 0 Å². The van der Waals surface area contributed by atoms with E-state index in [1.165, 1.54) is 0 Å². The number of carboxylic acids is 1. The van der Waals surface area contributed by atoms with Crippen LogP contribution in [0.4, 0.5) is 13.2 Å². The van der Waals surface area contributed by atoms with E-state index in [1.54, 1.807) is 0 Å². The first-order valence-electron chi connectivity index (χ1n) is 3.34. The predicted octanol–water partition coefficient (Wildman–Crippen LogP) is 1.78. The second-order valence-corrected chi connectivity index (χ2v) is 2.74. The third-order valence-corrected chi connectivity index (χ3v) is 1.70. The number of carboxylic acid groups (broad SMARTS) is 1. The van der Waals surface area contributed by atoms with Gasteiger partial charge in [0.2, 0.25) is 0 Å². The van der Waals surface area contributed by atoms with Gasteiger partial charge in [-0.3, -0.25) is 4.79 Å². The zero-order valence-corrected chi connectivity index (χ0v) is 7.28. The van der Waals surface area contributed by atoms with E-state index in [0.717, 1.165) is 0 Å². The van der Waals surface area contributed by atoms with Crippen LogP contribution in [0.2, 0.25) is 5.02 Å². The van der Waals surface area contributed by atoms with Gasteiger partial charge in [-0.05, 0) is 0 Å². The Morgan fingerprint density at radius 2 is 1.93 bits per heavy atom. The lowest BCUT2D eigenvalue weighted by Crippen LogP contribution is -2.08. The summed E-state index contributed by atoms with van der Waals surface area (Å²) in [5.74, 6) is -6.02. The lowest BCUT2D eigenvalue weighted by molar-refractivity contribution is -0.136. The molecule has 0 amide bonds. The normalized spacial score (nSPS) is 10.3. The molecule has 0 radical (unpaired) electrons. The third kappa shape index (κ3) is 1.95. The van der Waals surface area contributed by atoms with E-state index < -0.39 is 40.7 Å². The molecule has 0 aliphatic rings. The highest BCUT2D eigenvalue weighted by atomic mass is 35.5. The van der Waals surface area contributed by atoms with Crippen molar-refractivity contribution in [3.8, 4) is 0 Å². The molecule has 0 aliphatic heterocycles. The molecule has 14 heavy (non-hydrogen) atoms. The van der Waals surface area contributed by atoms with Gasteiger partial charge < -0.3 is 5.11 Å². The van der Waals surface area contributed by atoms with E-state index in [9.17, 15) is 18.0 Å². The molecule has 76 valence electrons. The highest BCUT2D eigenvalue weighted by Gasteiger charge is 2.20. The molecule has 0 saturated heterocycles. The van der Waals surface area contributed by atoms with E-state index in [1.807, 2.05) is 0 Å². The fourth-order valence-corrected chi connectivity index (χ4v) is 0.978. The summed E-state index contributed by atoms with van der Waals surface area (Å²) in [5.41, 5.74) is -0.735. The lowest BCUT2D eigenvalue weighted by Gasteiger charge is -2.02. The van der Waals surface area contributed by atoms with Gasteiger partial charge >= 0.3 is 5.97 Å². The van der Waals surface area contributed by atoms with Crippen molar-refractivity contribution in [1.82, 2.24) is 4.98 Å². The summed E-state index contributed by atoms with van der Waals surface area (Å²) in [5, 5.41) is 7.19. The predicted molar refractivity (Wildman–Crippen MR) is 40.5 cm³/mol. The molecule has 1 N–H and O–H groups in total. The van der Waals surface area contributed by atoms with Gasteiger partial charge in [0.1, 0.15) is 5.02 Å². The topological polar surface area (TPSA) is 50.2 Å². The zero-order chi connectivity index (χ0) is 10.9. The number of hydrogen-bond acceptors (Lipinski definition) is 2. The standard InChI is InChI=1S/C7H3ClF3NO2/c8-4-5(9)2(1-3(13)14)12-7(11)6(4)10/h1H2,(H,13,14). The number of aromatic nitrogens is 1. The SMILES string of the molecule is O=C(O)Cc1nc(F)c(F)c(Cl)c1F. The first-order valence-corrected chi connectivity index (χ1v) is 3.72. The first kappa shape index (κ1) is 10.8. The number of rotatable bonds is 2. The molecule has 0 bridgehead atoms. The molecule has 7 heteroatoms. The summed E-state index contributed by atoms with van der Waals surface area (Å²) in [6, 6.07) is 0. The molecule has 0 fully saturated rings. The number of nitrogens with zero attached hydrogens (tertiary/aromatic N) is 1. The Hall–Kier alpha value is -1.30. The van der Waals surface area contributed by atoms with Gasteiger partial charge in [0.05, 0.1) is 12.1 Å². The van der Waals surface area contributed by atoms with Gasteiger partial charge in [-0.25, -0.2) is 13.8 Å². The average Bonchev–Trinajstić information content (AvgIpc) is 2.10.